The van der Waals surface area contributed by atoms with Crippen LogP contribution in [0.5, 0.6) is 0 Å². The van der Waals surface area contributed by atoms with Crippen molar-refractivity contribution in [3.05, 3.63) is 0 Å². The molecule has 0 aliphatic carbocycles. The summed E-state index contributed by atoms with van der Waals surface area (Å²) in [7, 11) is 0. The highest BCUT2D eigenvalue weighted by atomic mass is 35.5. The number of hydrogen-bond acceptors (Lipinski definition) is 0. The summed E-state index contributed by atoms with van der Waals surface area (Å²) in [5.74, 6) is 0. The Labute approximate surface area is 121 Å². The second-order valence-corrected chi connectivity index (χ2v) is 6.33. The topological polar surface area (TPSA) is 0 Å². The van der Waals surface area contributed by atoms with Crippen molar-refractivity contribution in [2.75, 3.05) is 0 Å². The molecule has 0 heterocycles. The summed E-state index contributed by atoms with van der Waals surface area (Å²) >= 11 is 6.27. The third-order valence-electron chi connectivity index (χ3n) is 3.74. The lowest BCUT2D eigenvalue weighted by atomic mass is 10.0. The van der Waals surface area contributed by atoms with E-state index in [4.69, 9.17) is 11.6 Å². The molecule has 0 bridgehead atoms. The molecule has 1 unspecified atom stereocenters. The van der Waals surface area contributed by atoms with Crippen LogP contribution in [0.4, 0.5) is 0 Å². The molecule has 0 amide bonds. The van der Waals surface area contributed by atoms with Crippen LogP contribution in [0.25, 0.3) is 0 Å². The Morgan fingerprint density at radius 2 is 0.944 bits per heavy atom. The van der Waals surface area contributed by atoms with Gasteiger partial charge in [-0.25, -0.2) is 0 Å². The van der Waals surface area contributed by atoms with E-state index in [1.165, 1.54) is 89.9 Å². The predicted octanol–water partition coefficient (Wildman–Crippen LogP) is 7.10. The lowest BCUT2D eigenvalue weighted by Gasteiger charge is -2.08. The lowest BCUT2D eigenvalue weighted by molar-refractivity contribution is 0.537. The molecule has 0 aromatic rings. The van der Waals surface area contributed by atoms with Crippen molar-refractivity contribution in [2.24, 2.45) is 0 Å². The van der Waals surface area contributed by atoms with E-state index in [1.54, 1.807) is 0 Å². The second-order valence-electron chi connectivity index (χ2n) is 5.71. The van der Waals surface area contributed by atoms with Crippen molar-refractivity contribution < 1.29 is 0 Å². The maximum Gasteiger partial charge on any atom is 0.0336 e. The number of halogens is 1. The van der Waals surface area contributed by atoms with Crippen molar-refractivity contribution in [3.8, 4) is 0 Å². The summed E-state index contributed by atoms with van der Waals surface area (Å²) in [5.41, 5.74) is 0. The zero-order valence-corrected chi connectivity index (χ0v) is 13.6. The third-order valence-corrected chi connectivity index (χ3v) is 4.18. The molecule has 1 atom stereocenters. The van der Waals surface area contributed by atoms with E-state index in [-0.39, 0.29) is 0 Å². The monoisotopic (exact) mass is 274 g/mol. The van der Waals surface area contributed by atoms with Crippen LogP contribution >= 0.6 is 11.6 Å². The molecule has 0 aromatic heterocycles. The normalized spacial score (nSPS) is 12.8. The van der Waals surface area contributed by atoms with E-state index in [2.05, 4.69) is 13.8 Å². The molecule has 0 aromatic carbocycles. The molecular weight excluding hydrogens is 240 g/mol. The van der Waals surface area contributed by atoms with E-state index in [1.807, 2.05) is 0 Å². The zero-order valence-electron chi connectivity index (χ0n) is 12.9. The molecule has 0 N–H and O–H groups in total. The highest BCUT2D eigenvalue weighted by Gasteiger charge is 2.02. The summed E-state index contributed by atoms with van der Waals surface area (Å²) in [6, 6.07) is 0. The number of hydrogen-bond donors (Lipinski definition) is 0. The van der Waals surface area contributed by atoms with Gasteiger partial charge in [0.2, 0.25) is 0 Å². The molecule has 1 heteroatoms. The summed E-state index contributed by atoms with van der Waals surface area (Å²) in [6.45, 7) is 4.52. The van der Waals surface area contributed by atoms with Crippen molar-refractivity contribution in [1.82, 2.24) is 0 Å². The largest absolute Gasteiger partial charge is 0.123 e. The smallest absolute Gasteiger partial charge is 0.0336 e. The number of unbranched alkanes of at least 4 members (excludes halogenated alkanes) is 10. The summed E-state index contributed by atoms with van der Waals surface area (Å²) < 4.78 is 0. The molecular formula is C17H35Cl. The number of alkyl halides is 1. The van der Waals surface area contributed by atoms with Crippen LogP contribution in [0.1, 0.15) is 104 Å². The first kappa shape index (κ1) is 18.3. The van der Waals surface area contributed by atoms with Crippen LogP contribution < -0.4 is 0 Å². The van der Waals surface area contributed by atoms with Gasteiger partial charge in [-0.3, -0.25) is 0 Å². The van der Waals surface area contributed by atoms with Gasteiger partial charge in [0.1, 0.15) is 0 Å². The standard InChI is InChI=1S/C17H35Cl/c1-3-5-7-8-9-10-11-12-13-14-16-17(18)15-6-4-2/h17H,3-16H2,1-2H3. The third kappa shape index (κ3) is 14.4. The molecule has 0 aliphatic heterocycles. The zero-order chi connectivity index (χ0) is 13.5. The SMILES string of the molecule is CCCCCCCCCCCCC(Cl)CCCC. The van der Waals surface area contributed by atoms with Crippen LogP contribution in [0, 0.1) is 0 Å². The van der Waals surface area contributed by atoms with Gasteiger partial charge in [-0.2, -0.15) is 0 Å². The van der Waals surface area contributed by atoms with Gasteiger partial charge in [0, 0.05) is 5.38 Å². The van der Waals surface area contributed by atoms with Gasteiger partial charge < -0.3 is 0 Å². The molecule has 0 nitrogen and oxygen atoms in total. The maximum absolute atomic E-state index is 6.27. The fourth-order valence-electron chi connectivity index (χ4n) is 2.42. The molecule has 0 rings (SSSR count). The first-order valence-electron chi connectivity index (χ1n) is 8.45. The molecule has 0 fully saturated rings. The van der Waals surface area contributed by atoms with Gasteiger partial charge in [0.15, 0.2) is 0 Å². The molecule has 0 radical (unpaired) electrons. The first-order valence-corrected chi connectivity index (χ1v) is 8.89. The average Bonchev–Trinajstić information content (AvgIpc) is 2.38. The Morgan fingerprint density at radius 3 is 1.44 bits per heavy atom. The fourth-order valence-corrected chi connectivity index (χ4v) is 2.73. The highest BCUT2D eigenvalue weighted by Crippen LogP contribution is 2.17. The Hall–Kier alpha value is 0.290. The van der Waals surface area contributed by atoms with Gasteiger partial charge in [0.05, 0.1) is 0 Å². The van der Waals surface area contributed by atoms with Crippen molar-refractivity contribution in [2.45, 2.75) is 109 Å². The minimum atomic E-state index is 0.444. The van der Waals surface area contributed by atoms with Crippen LogP contribution in [0.2, 0.25) is 0 Å². The van der Waals surface area contributed by atoms with Crippen molar-refractivity contribution in [3.63, 3.8) is 0 Å². The van der Waals surface area contributed by atoms with E-state index < -0.39 is 0 Å². The Balaban J connectivity index is 3.02. The van der Waals surface area contributed by atoms with Crippen molar-refractivity contribution in [1.29, 1.82) is 0 Å². The van der Waals surface area contributed by atoms with Crippen LogP contribution in [0.15, 0.2) is 0 Å². The van der Waals surface area contributed by atoms with Crippen LogP contribution in [-0.4, -0.2) is 5.38 Å². The Morgan fingerprint density at radius 1 is 0.556 bits per heavy atom. The van der Waals surface area contributed by atoms with Crippen molar-refractivity contribution >= 4 is 11.6 Å². The quantitative estimate of drug-likeness (QED) is 0.234. The van der Waals surface area contributed by atoms with Crippen LogP contribution in [-0.2, 0) is 0 Å². The van der Waals surface area contributed by atoms with Gasteiger partial charge in [-0.15, -0.1) is 11.6 Å². The van der Waals surface area contributed by atoms with E-state index in [0.29, 0.717) is 5.38 Å². The van der Waals surface area contributed by atoms with Crippen LogP contribution in [0.3, 0.4) is 0 Å². The molecule has 0 aliphatic rings. The summed E-state index contributed by atoms with van der Waals surface area (Å²) in [4.78, 5) is 0. The predicted molar refractivity (Wildman–Crippen MR) is 85.6 cm³/mol. The van der Waals surface area contributed by atoms with Gasteiger partial charge in [-0.1, -0.05) is 90.9 Å². The van der Waals surface area contributed by atoms with Gasteiger partial charge in [0.25, 0.3) is 0 Å². The van der Waals surface area contributed by atoms with Gasteiger partial charge in [-0.05, 0) is 12.8 Å². The van der Waals surface area contributed by atoms with Gasteiger partial charge >= 0.3 is 0 Å². The average molecular weight is 275 g/mol. The fraction of sp³-hybridized carbons (Fsp3) is 1.00. The lowest BCUT2D eigenvalue weighted by Crippen LogP contribution is -1.97. The molecule has 18 heavy (non-hydrogen) atoms. The highest BCUT2D eigenvalue weighted by molar-refractivity contribution is 6.20. The molecule has 0 spiro atoms. The molecule has 0 saturated carbocycles. The molecule has 110 valence electrons. The first-order chi connectivity index (χ1) is 8.81. The Bertz CT molecular complexity index is 145. The van der Waals surface area contributed by atoms with E-state index in [9.17, 15) is 0 Å². The minimum Gasteiger partial charge on any atom is -0.123 e. The summed E-state index contributed by atoms with van der Waals surface area (Å²) in [5, 5.41) is 0.444. The maximum atomic E-state index is 6.27. The minimum absolute atomic E-state index is 0.444. The van der Waals surface area contributed by atoms with E-state index >= 15 is 0 Å². The molecule has 0 saturated heterocycles. The summed E-state index contributed by atoms with van der Waals surface area (Å²) in [6.07, 6.45) is 19.2. The second kappa shape index (κ2) is 15.3. The Kier molecular flexibility index (Phi) is 15.6. The number of rotatable bonds is 14. The van der Waals surface area contributed by atoms with E-state index in [0.717, 1.165) is 0 Å².